The molecular formula is C16H22O. The molecule has 0 aliphatic carbocycles. The second-order valence-electron chi connectivity index (χ2n) is 4.70. The van der Waals surface area contributed by atoms with Crippen molar-refractivity contribution in [2.45, 2.75) is 39.5 Å². The van der Waals surface area contributed by atoms with E-state index in [0.29, 0.717) is 0 Å². The van der Waals surface area contributed by atoms with E-state index in [-0.39, 0.29) is 11.3 Å². The summed E-state index contributed by atoms with van der Waals surface area (Å²) in [5.74, 6) is 0.172. The van der Waals surface area contributed by atoms with E-state index in [1.807, 2.05) is 25.1 Å². The quantitative estimate of drug-likeness (QED) is 0.524. The van der Waals surface area contributed by atoms with Gasteiger partial charge in [-0.1, -0.05) is 63.3 Å². The van der Waals surface area contributed by atoms with Crippen LogP contribution in [0.5, 0.6) is 0 Å². The van der Waals surface area contributed by atoms with Crippen molar-refractivity contribution in [1.29, 1.82) is 0 Å². The van der Waals surface area contributed by atoms with Crippen LogP contribution in [-0.4, -0.2) is 6.29 Å². The molecule has 1 aromatic rings. The molecule has 0 amide bonds. The molecule has 0 spiro atoms. The second kappa shape index (κ2) is 6.39. The molecule has 0 bridgehead atoms. The van der Waals surface area contributed by atoms with E-state index in [1.54, 1.807) is 0 Å². The molecule has 0 heterocycles. The minimum absolute atomic E-state index is 0.172. The smallest absolute Gasteiger partial charge is 0.126 e. The van der Waals surface area contributed by atoms with Crippen LogP contribution in [0.4, 0.5) is 0 Å². The summed E-state index contributed by atoms with van der Waals surface area (Å²) in [5, 5.41) is 0. The van der Waals surface area contributed by atoms with Gasteiger partial charge in [0.15, 0.2) is 0 Å². The van der Waals surface area contributed by atoms with Gasteiger partial charge in [-0.3, -0.25) is 0 Å². The van der Waals surface area contributed by atoms with Crippen LogP contribution in [0.2, 0.25) is 0 Å². The van der Waals surface area contributed by atoms with Gasteiger partial charge < -0.3 is 4.79 Å². The highest BCUT2D eigenvalue weighted by molar-refractivity contribution is 5.62. The first-order chi connectivity index (χ1) is 8.18. The van der Waals surface area contributed by atoms with Gasteiger partial charge in [0.2, 0.25) is 0 Å². The fraction of sp³-hybridized carbons (Fsp3) is 0.438. The number of rotatable bonds is 6. The Morgan fingerprint density at radius 1 is 1.24 bits per heavy atom. The third-order valence-corrected chi connectivity index (χ3v) is 3.46. The van der Waals surface area contributed by atoms with E-state index in [2.05, 4.69) is 38.1 Å². The van der Waals surface area contributed by atoms with Gasteiger partial charge in [0.1, 0.15) is 6.29 Å². The molecule has 0 aromatic heterocycles. The lowest BCUT2D eigenvalue weighted by Crippen LogP contribution is -2.25. The fourth-order valence-corrected chi connectivity index (χ4v) is 2.02. The monoisotopic (exact) mass is 230 g/mol. The summed E-state index contributed by atoms with van der Waals surface area (Å²) >= 11 is 0. The maximum Gasteiger partial charge on any atom is 0.126 e. The largest absolute Gasteiger partial charge is 0.303 e. The van der Waals surface area contributed by atoms with E-state index in [1.165, 1.54) is 5.56 Å². The van der Waals surface area contributed by atoms with Gasteiger partial charge in [0, 0.05) is 11.3 Å². The van der Waals surface area contributed by atoms with Crippen LogP contribution in [0.3, 0.4) is 0 Å². The number of allylic oxidation sites excluding steroid dienone is 2. The van der Waals surface area contributed by atoms with Crippen molar-refractivity contribution >= 4 is 6.29 Å². The van der Waals surface area contributed by atoms with Gasteiger partial charge in [-0.15, -0.1) is 0 Å². The lowest BCUT2D eigenvalue weighted by molar-refractivity contribution is -0.116. The Morgan fingerprint density at radius 3 is 2.35 bits per heavy atom. The highest BCUT2D eigenvalue weighted by Gasteiger charge is 2.31. The molecule has 0 aliphatic rings. The second-order valence-corrected chi connectivity index (χ2v) is 4.70. The Kier molecular flexibility index (Phi) is 5.14. The number of carbonyl (C=O) groups is 1. The molecule has 2 atom stereocenters. The first-order valence-electron chi connectivity index (χ1n) is 6.36. The van der Waals surface area contributed by atoms with Crippen LogP contribution < -0.4 is 0 Å². The molecule has 0 radical (unpaired) electrons. The van der Waals surface area contributed by atoms with Gasteiger partial charge in [0.25, 0.3) is 0 Å². The summed E-state index contributed by atoms with van der Waals surface area (Å²) in [7, 11) is 0. The standard InChI is InChI=1S/C16H22O/c1-4-6-12-15(16(3,5-2)13-17)14-10-8-7-9-11-14/h6-13,15H,4-5H2,1-3H3/b12-6+/t15-,16+/m0/s1. The highest BCUT2D eigenvalue weighted by atomic mass is 16.1. The molecule has 1 rings (SSSR count). The van der Waals surface area contributed by atoms with Crippen molar-refractivity contribution in [1.82, 2.24) is 0 Å². The number of aldehydes is 1. The molecule has 1 nitrogen and oxygen atoms in total. The molecule has 0 saturated heterocycles. The summed E-state index contributed by atoms with van der Waals surface area (Å²) in [6.07, 6.45) is 7.28. The molecule has 0 unspecified atom stereocenters. The summed E-state index contributed by atoms with van der Waals surface area (Å²) in [5.41, 5.74) is 0.904. The lowest BCUT2D eigenvalue weighted by atomic mass is 9.72. The summed E-state index contributed by atoms with van der Waals surface area (Å²) in [6.45, 7) is 6.23. The molecule has 1 aromatic carbocycles. The van der Waals surface area contributed by atoms with Crippen LogP contribution in [0, 0.1) is 5.41 Å². The Labute approximate surface area is 105 Å². The van der Waals surface area contributed by atoms with E-state index in [4.69, 9.17) is 0 Å². The molecule has 0 fully saturated rings. The lowest BCUT2D eigenvalue weighted by Gasteiger charge is -2.30. The molecule has 0 aliphatic heterocycles. The topological polar surface area (TPSA) is 17.1 Å². The van der Waals surface area contributed by atoms with Gasteiger partial charge in [0.05, 0.1) is 0 Å². The van der Waals surface area contributed by atoms with E-state index < -0.39 is 0 Å². The maximum atomic E-state index is 11.4. The predicted molar refractivity (Wildman–Crippen MR) is 73.1 cm³/mol. The van der Waals surface area contributed by atoms with Crippen molar-refractivity contribution in [2.24, 2.45) is 5.41 Å². The van der Waals surface area contributed by atoms with Crippen LogP contribution in [0.25, 0.3) is 0 Å². The van der Waals surface area contributed by atoms with Crippen LogP contribution in [0.15, 0.2) is 42.5 Å². The average molecular weight is 230 g/mol. The van der Waals surface area contributed by atoms with Crippen LogP contribution >= 0.6 is 0 Å². The van der Waals surface area contributed by atoms with Crippen molar-refractivity contribution < 1.29 is 4.79 Å². The minimum Gasteiger partial charge on any atom is -0.303 e. The van der Waals surface area contributed by atoms with E-state index in [0.717, 1.165) is 19.1 Å². The Morgan fingerprint density at radius 2 is 1.88 bits per heavy atom. The zero-order chi connectivity index (χ0) is 12.7. The zero-order valence-electron chi connectivity index (χ0n) is 11.0. The number of benzene rings is 1. The summed E-state index contributed by atoms with van der Waals surface area (Å²) < 4.78 is 0. The number of carbonyl (C=O) groups excluding carboxylic acids is 1. The average Bonchev–Trinajstić information content (AvgIpc) is 2.40. The normalized spacial score (nSPS) is 16.6. The Bertz CT molecular complexity index is 366. The van der Waals surface area contributed by atoms with Gasteiger partial charge in [-0.05, 0) is 18.4 Å². The molecule has 1 heteroatoms. The van der Waals surface area contributed by atoms with Gasteiger partial charge in [-0.2, -0.15) is 0 Å². The zero-order valence-corrected chi connectivity index (χ0v) is 11.0. The maximum absolute atomic E-state index is 11.4. The van der Waals surface area contributed by atoms with E-state index in [9.17, 15) is 4.79 Å². The van der Waals surface area contributed by atoms with Gasteiger partial charge in [-0.25, -0.2) is 0 Å². The third kappa shape index (κ3) is 3.29. The number of hydrogen-bond acceptors (Lipinski definition) is 1. The SMILES string of the molecule is CC/C=C/[C@@H](c1ccccc1)[C@@](C)(C=O)CC. The number of hydrogen-bond donors (Lipinski definition) is 0. The summed E-state index contributed by atoms with van der Waals surface area (Å²) in [4.78, 5) is 11.4. The van der Waals surface area contributed by atoms with Crippen molar-refractivity contribution in [3.8, 4) is 0 Å². The van der Waals surface area contributed by atoms with Crippen LogP contribution in [-0.2, 0) is 4.79 Å². The highest BCUT2D eigenvalue weighted by Crippen LogP contribution is 2.38. The molecule has 0 saturated carbocycles. The minimum atomic E-state index is -0.312. The Balaban J connectivity index is 3.12. The fourth-order valence-electron chi connectivity index (χ4n) is 2.02. The van der Waals surface area contributed by atoms with Crippen molar-refractivity contribution in [3.63, 3.8) is 0 Å². The molecule has 92 valence electrons. The first kappa shape index (κ1) is 13.7. The van der Waals surface area contributed by atoms with E-state index >= 15 is 0 Å². The summed E-state index contributed by atoms with van der Waals surface area (Å²) in [6, 6.07) is 10.3. The van der Waals surface area contributed by atoms with Crippen LogP contribution in [0.1, 0.15) is 45.1 Å². The predicted octanol–water partition coefficient (Wildman–Crippen LogP) is 4.35. The van der Waals surface area contributed by atoms with Crippen molar-refractivity contribution in [3.05, 3.63) is 48.0 Å². The molecular weight excluding hydrogens is 208 g/mol. The Hall–Kier alpha value is -1.37. The molecule has 0 N–H and O–H groups in total. The first-order valence-corrected chi connectivity index (χ1v) is 6.36. The van der Waals surface area contributed by atoms with Crippen molar-refractivity contribution in [2.75, 3.05) is 0 Å². The third-order valence-electron chi connectivity index (χ3n) is 3.46. The molecule has 17 heavy (non-hydrogen) atoms. The van der Waals surface area contributed by atoms with Gasteiger partial charge >= 0.3 is 0 Å².